The van der Waals surface area contributed by atoms with E-state index < -0.39 is 0 Å². The van der Waals surface area contributed by atoms with E-state index >= 15 is 0 Å². The van der Waals surface area contributed by atoms with Gasteiger partial charge in [0.1, 0.15) is 11.6 Å². The molecule has 0 aromatic heterocycles. The fourth-order valence-corrected chi connectivity index (χ4v) is 1.97. The van der Waals surface area contributed by atoms with Gasteiger partial charge < -0.3 is 10.4 Å². The first-order valence-corrected chi connectivity index (χ1v) is 5.94. The van der Waals surface area contributed by atoms with Gasteiger partial charge in [-0.1, -0.05) is 17.7 Å². The summed E-state index contributed by atoms with van der Waals surface area (Å²) in [6.07, 6.45) is 0. The first-order chi connectivity index (χ1) is 8.56. The molecule has 4 heteroatoms. The molecule has 2 rings (SSSR count). The second-order valence-corrected chi connectivity index (χ2v) is 4.52. The molecule has 0 bridgehead atoms. The van der Waals surface area contributed by atoms with Crippen LogP contribution in [0.1, 0.15) is 18.5 Å². The zero-order valence-corrected chi connectivity index (χ0v) is 10.6. The predicted octanol–water partition coefficient (Wildman–Crippen LogP) is 4.36. The summed E-state index contributed by atoms with van der Waals surface area (Å²) in [5.74, 6) is -0.305. The lowest BCUT2D eigenvalue weighted by Crippen LogP contribution is -2.07. The summed E-state index contributed by atoms with van der Waals surface area (Å²) in [5, 5.41) is 13.5. The van der Waals surface area contributed by atoms with Gasteiger partial charge in [-0.2, -0.15) is 0 Å². The summed E-state index contributed by atoms with van der Waals surface area (Å²) >= 11 is 5.88. The molecule has 18 heavy (non-hydrogen) atoms. The molecule has 0 aliphatic heterocycles. The predicted molar refractivity (Wildman–Crippen MR) is 71.6 cm³/mol. The molecule has 0 amide bonds. The molecule has 2 aromatic carbocycles. The Balaban J connectivity index is 2.21. The Hall–Kier alpha value is -1.74. The van der Waals surface area contributed by atoms with Crippen LogP contribution in [0.4, 0.5) is 10.1 Å². The van der Waals surface area contributed by atoms with Crippen LogP contribution in [0.25, 0.3) is 0 Å². The van der Waals surface area contributed by atoms with Gasteiger partial charge in [-0.3, -0.25) is 0 Å². The van der Waals surface area contributed by atoms with Gasteiger partial charge in [-0.15, -0.1) is 0 Å². The third kappa shape index (κ3) is 2.93. The Labute approximate surface area is 110 Å². The second-order valence-electron chi connectivity index (χ2n) is 4.08. The minimum absolute atomic E-state index is 0.0680. The van der Waals surface area contributed by atoms with Crippen molar-refractivity contribution in [2.75, 3.05) is 5.32 Å². The van der Waals surface area contributed by atoms with Crippen molar-refractivity contribution >= 4 is 17.3 Å². The summed E-state index contributed by atoms with van der Waals surface area (Å²) in [4.78, 5) is 0. The lowest BCUT2D eigenvalue weighted by Gasteiger charge is -2.17. The first-order valence-electron chi connectivity index (χ1n) is 5.57. The number of benzene rings is 2. The molecule has 0 heterocycles. The van der Waals surface area contributed by atoms with Crippen LogP contribution in [-0.4, -0.2) is 5.11 Å². The van der Waals surface area contributed by atoms with Crippen LogP contribution < -0.4 is 5.32 Å². The van der Waals surface area contributed by atoms with E-state index in [0.29, 0.717) is 10.6 Å². The molecule has 94 valence electrons. The van der Waals surface area contributed by atoms with Crippen LogP contribution >= 0.6 is 11.6 Å². The topological polar surface area (TPSA) is 32.3 Å². The molecule has 0 saturated carbocycles. The van der Waals surface area contributed by atoms with Gasteiger partial charge in [0.25, 0.3) is 0 Å². The quantitative estimate of drug-likeness (QED) is 0.864. The van der Waals surface area contributed by atoms with Crippen LogP contribution in [-0.2, 0) is 0 Å². The minimum Gasteiger partial charge on any atom is -0.508 e. The van der Waals surface area contributed by atoms with E-state index in [4.69, 9.17) is 11.6 Å². The molecule has 0 aliphatic carbocycles. The van der Waals surface area contributed by atoms with E-state index in [1.54, 1.807) is 12.1 Å². The third-order valence-corrected chi connectivity index (χ3v) is 2.90. The highest BCUT2D eigenvalue weighted by Crippen LogP contribution is 2.28. The number of halogens is 2. The highest BCUT2D eigenvalue weighted by atomic mass is 35.5. The van der Waals surface area contributed by atoms with Crippen LogP contribution in [0.15, 0.2) is 42.5 Å². The molecular weight excluding hydrogens is 253 g/mol. The Morgan fingerprint density at radius 3 is 2.72 bits per heavy atom. The maximum absolute atomic E-state index is 13.2. The fourth-order valence-electron chi connectivity index (χ4n) is 1.78. The van der Waals surface area contributed by atoms with Gasteiger partial charge in [0.15, 0.2) is 0 Å². The zero-order chi connectivity index (χ0) is 13.1. The molecule has 0 aliphatic rings. The van der Waals surface area contributed by atoms with Crippen molar-refractivity contribution in [3.63, 3.8) is 0 Å². The van der Waals surface area contributed by atoms with Crippen molar-refractivity contribution in [3.8, 4) is 5.75 Å². The van der Waals surface area contributed by atoms with Crippen LogP contribution in [0.5, 0.6) is 5.75 Å². The Kier molecular flexibility index (Phi) is 3.72. The smallest absolute Gasteiger partial charge is 0.123 e. The lowest BCUT2D eigenvalue weighted by atomic mass is 10.1. The van der Waals surface area contributed by atoms with Gasteiger partial charge in [0.05, 0.1) is 6.04 Å². The molecule has 1 atom stereocenters. The SMILES string of the molecule is CC(Nc1cccc(Cl)c1)c1cc(F)ccc1O. The fraction of sp³-hybridized carbons (Fsp3) is 0.143. The molecular formula is C14H13ClFNO. The molecule has 2 nitrogen and oxygen atoms in total. The van der Waals surface area contributed by atoms with Gasteiger partial charge >= 0.3 is 0 Å². The lowest BCUT2D eigenvalue weighted by molar-refractivity contribution is 0.462. The molecule has 2 N–H and O–H groups in total. The highest BCUT2D eigenvalue weighted by Gasteiger charge is 2.11. The van der Waals surface area contributed by atoms with Gasteiger partial charge in [-0.05, 0) is 43.3 Å². The summed E-state index contributed by atoms with van der Waals surface area (Å²) in [5.41, 5.74) is 1.33. The van der Waals surface area contributed by atoms with Crippen molar-refractivity contribution < 1.29 is 9.50 Å². The molecule has 0 fully saturated rings. The Bertz CT molecular complexity index is 559. The summed E-state index contributed by atoms with van der Waals surface area (Å²) in [6, 6.07) is 10.9. The van der Waals surface area contributed by atoms with Crippen molar-refractivity contribution in [2.45, 2.75) is 13.0 Å². The van der Waals surface area contributed by atoms with Gasteiger partial charge in [0, 0.05) is 16.3 Å². The minimum atomic E-state index is -0.373. The van der Waals surface area contributed by atoms with Gasteiger partial charge in [-0.25, -0.2) is 4.39 Å². The molecule has 0 radical (unpaired) electrons. The van der Waals surface area contributed by atoms with Crippen LogP contribution in [0.3, 0.4) is 0 Å². The normalized spacial score (nSPS) is 12.2. The van der Waals surface area contributed by atoms with E-state index in [-0.39, 0.29) is 17.6 Å². The monoisotopic (exact) mass is 265 g/mol. The number of nitrogens with one attached hydrogen (secondary N) is 1. The molecule has 1 unspecified atom stereocenters. The number of phenols is 1. The van der Waals surface area contributed by atoms with E-state index in [1.807, 2.05) is 19.1 Å². The number of anilines is 1. The van der Waals surface area contributed by atoms with E-state index in [0.717, 1.165) is 5.69 Å². The second kappa shape index (κ2) is 5.27. The highest BCUT2D eigenvalue weighted by molar-refractivity contribution is 6.30. The molecule has 0 spiro atoms. The Morgan fingerprint density at radius 1 is 1.22 bits per heavy atom. The molecule has 2 aromatic rings. The summed E-state index contributed by atoms with van der Waals surface area (Å²) in [7, 11) is 0. The average Bonchev–Trinajstić information content (AvgIpc) is 2.32. The maximum atomic E-state index is 13.2. The standard InChI is InChI=1S/C14H13ClFNO/c1-9(13-8-11(16)5-6-14(13)18)17-12-4-2-3-10(15)7-12/h2-9,17-18H,1H3. The number of hydrogen-bond acceptors (Lipinski definition) is 2. The largest absolute Gasteiger partial charge is 0.508 e. The van der Waals surface area contributed by atoms with Crippen LogP contribution in [0.2, 0.25) is 5.02 Å². The van der Waals surface area contributed by atoms with Crippen LogP contribution in [0, 0.1) is 5.82 Å². The molecule has 0 saturated heterocycles. The van der Waals surface area contributed by atoms with E-state index in [2.05, 4.69) is 5.32 Å². The Morgan fingerprint density at radius 2 is 2.00 bits per heavy atom. The average molecular weight is 266 g/mol. The number of hydrogen-bond donors (Lipinski definition) is 2. The van der Waals surface area contributed by atoms with E-state index in [9.17, 15) is 9.50 Å². The van der Waals surface area contributed by atoms with Crippen molar-refractivity contribution in [3.05, 3.63) is 58.9 Å². The summed E-state index contributed by atoms with van der Waals surface area (Å²) in [6.45, 7) is 1.84. The van der Waals surface area contributed by atoms with Crippen molar-refractivity contribution in [1.29, 1.82) is 0 Å². The third-order valence-electron chi connectivity index (χ3n) is 2.66. The number of phenolic OH excluding ortho intramolecular Hbond substituents is 1. The zero-order valence-electron chi connectivity index (χ0n) is 9.82. The van der Waals surface area contributed by atoms with Crippen molar-refractivity contribution in [1.82, 2.24) is 0 Å². The number of rotatable bonds is 3. The maximum Gasteiger partial charge on any atom is 0.123 e. The number of aromatic hydroxyl groups is 1. The van der Waals surface area contributed by atoms with Crippen molar-refractivity contribution in [2.24, 2.45) is 0 Å². The first kappa shape index (κ1) is 12.7. The van der Waals surface area contributed by atoms with E-state index in [1.165, 1.54) is 18.2 Å². The van der Waals surface area contributed by atoms with Gasteiger partial charge in [0.2, 0.25) is 0 Å². The summed E-state index contributed by atoms with van der Waals surface area (Å²) < 4.78 is 13.2.